The smallest absolute Gasteiger partial charge is 0.341 e. The van der Waals surface area contributed by atoms with Gasteiger partial charge in [-0.1, -0.05) is 51.1 Å². The zero-order chi connectivity index (χ0) is 17.9. The van der Waals surface area contributed by atoms with Crippen LogP contribution < -0.4 is 4.74 Å². The number of ketones is 1. The number of hydrogen-bond acceptors (Lipinski definition) is 4. The molecule has 0 atom stereocenters. The van der Waals surface area contributed by atoms with Crippen LogP contribution >= 0.6 is 0 Å². The summed E-state index contributed by atoms with van der Waals surface area (Å²) >= 11 is 0. The van der Waals surface area contributed by atoms with Crippen molar-refractivity contribution in [2.24, 2.45) is 0 Å². The van der Waals surface area contributed by atoms with Crippen LogP contribution in [0.1, 0.15) is 42.3 Å². The molecule has 0 radical (unpaired) electrons. The lowest BCUT2D eigenvalue weighted by Gasteiger charge is -2.24. The third kappa shape index (κ3) is 3.93. The maximum Gasteiger partial charge on any atom is 0.341 e. The minimum atomic E-state index is -1.11. The van der Waals surface area contributed by atoms with Crippen molar-refractivity contribution in [3.05, 3.63) is 59.2 Å². The number of carboxylic acid groups (broad SMARTS) is 1. The number of phenols is 1. The predicted octanol–water partition coefficient (Wildman–Crippen LogP) is 3.38. The Hall–Kier alpha value is -2.82. The lowest BCUT2D eigenvalue weighted by Crippen LogP contribution is -2.17. The maximum absolute atomic E-state index is 12.6. The molecule has 0 unspecified atom stereocenters. The van der Waals surface area contributed by atoms with Crippen molar-refractivity contribution in [1.29, 1.82) is 0 Å². The molecule has 0 saturated carbocycles. The highest BCUT2D eigenvalue weighted by molar-refractivity contribution is 6.10. The summed E-state index contributed by atoms with van der Waals surface area (Å²) in [6, 6.07) is 11.5. The Kier molecular flexibility index (Phi) is 4.93. The SMILES string of the molecule is CC(C)(C)c1cc(C(=O)c2ccccc2)c(O)cc1OCC(=O)O. The largest absolute Gasteiger partial charge is 0.507 e. The van der Waals surface area contributed by atoms with Gasteiger partial charge in [0.05, 0.1) is 5.56 Å². The van der Waals surface area contributed by atoms with Gasteiger partial charge in [-0.3, -0.25) is 4.79 Å². The fourth-order valence-corrected chi connectivity index (χ4v) is 2.34. The molecule has 0 spiro atoms. The molecule has 24 heavy (non-hydrogen) atoms. The molecule has 126 valence electrons. The topological polar surface area (TPSA) is 83.8 Å². The highest BCUT2D eigenvalue weighted by atomic mass is 16.5. The second-order valence-electron chi connectivity index (χ2n) is 6.49. The first kappa shape index (κ1) is 17.5. The van der Waals surface area contributed by atoms with Gasteiger partial charge in [0.25, 0.3) is 0 Å². The third-order valence-electron chi connectivity index (χ3n) is 3.54. The van der Waals surface area contributed by atoms with Crippen molar-refractivity contribution in [1.82, 2.24) is 0 Å². The number of carbonyl (C=O) groups excluding carboxylic acids is 1. The van der Waals surface area contributed by atoms with Gasteiger partial charge in [-0.25, -0.2) is 4.79 Å². The number of hydrogen-bond donors (Lipinski definition) is 2. The number of phenolic OH excluding ortho intramolecular Hbond substituents is 1. The zero-order valence-corrected chi connectivity index (χ0v) is 13.9. The normalized spacial score (nSPS) is 11.1. The molecule has 0 aliphatic rings. The van der Waals surface area contributed by atoms with Crippen LogP contribution in [0.2, 0.25) is 0 Å². The molecule has 0 bridgehead atoms. The molecule has 0 saturated heterocycles. The van der Waals surface area contributed by atoms with Gasteiger partial charge in [0.1, 0.15) is 11.5 Å². The Bertz CT molecular complexity index is 757. The van der Waals surface area contributed by atoms with Crippen molar-refractivity contribution < 1.29 is 24.5 Å². The van der Waals surface area contributed by atoms with E-state index in [-0.39, 0.29) is 22.8 Å². The van der Waals surface area contributed by atoms with Crippen LogP contribution in [0.15, 0.2) is 42.5 Å². The number of carboxylic acids is 1. The molecule has 2 aromatic rings. The summed E-state index contributed by atoms with van der Waals surface area (Å²) < 4.78 is 5.28. The lowest BCUT2D eigenvalue weighted by molar-refractivity contribution is -0.139. The van der Waals surface area contributed by atoms with Crippen molar-refractivity contribution in [3.8, 4) is 11.5 Å². The van der Waals surface area contributed by atoms with Crippen LogP contribution in [-0.4, -0.2) is 28.6 Å². The van der Waals surface area contributed by atoms with E-state index in [0.29, 0.717) is 11.1 Å². The lowest BCUT2D eigenvalue weighted by atomic mass is 9.84. The average molecular weight is 328 g/mol. The van der Waals surface area contributed by atoms with Crippen LogP contribution in [0.3, 0.4) is 0 Å². The van der Waals surface area contributed by atoms with E-state index in [2.05, 4.69) is 0 Å². The highest BCUT2D eigenvalue weighted by Gasteiger charge is 2.24. The van der Waals surface area contributed by atoms with Crippen molar-refractivity contribution >= 4 is 11.8 Å². The Balaban J connectivity index is 2.51. The number of rotatable bonds is 5. The Morgan fingerprint density at radius 2 is 1.71 bits per heavy atom. The molecule has 2 N–H and O–H groups in total. The second kappa shape index (κ2) is 6.74. The molecular formula is C19H20O5. The first-order chi connectivity index (χ1) is 11.2. The number of ether oxygens (including phenoxy) is 1. The first-order valence-corrected chi connectivity index (χ1v) is 7.52. The third-order valence-corrected chi connectivity index (χ3v) is 3.54. The van der Waals surface area contributed by atoms with Crippen LogP contribution in [0.4, 0.5) is 0 Å². The van der Waals surface area contributed by atoms with Crippen molar-refractivity contribution in [2.75, 3.05) is 6.61 Å². The minimum absolute atomic E-state index is 0.161. The summed E-state index contributed by atoms with van der Waals surface area (Å²) in [6.07, 6.45) is 0. The Morgan fingerprint density at radius 1 is 1.08 bits per heavy atom. The molecule has 0 aliphatic heterocycles. The molecule has 0 amide bonds. The summed E-state index contributed by atoms with van der Waals surface area (Å²) in [7, 11) is 0. The van der Waals surface area contributed by atoms with E-state index in [1.807, 2.05) is 20.8 Å². The molecule has 5 heteroatoms. The van der Waals surface area contributed by atoms with Gasteiger partial charge in [0.2, 0.25) is 0 Å². The van der Waals surface area contributed by atoms with E-state index in [1.54, 1.807) is 36.4 Å². The van der Waals surface area contributed by atoms with Crippen LogP contribution in [0.25, 0.3) is 0 Å². The Labute approximate surface area is 140 Å². The first-order valence-electron chi connectivity index (χ1n) is 7.52. The summed E-state index contributed by atoms with van der Waals surface area (Å²) in [4.78, 5) is 23.4. The number of aliphatic carboxylic acids is 1. The molecule has 2 aromatic carbocycles. The number of benzene rings is 2. The van der Waals surface area contributed by atoms with E-state index in [9.17, 15) is 14.7 Å². The maximum atomic E-state index is 12.6. The van der Waals surface area contributed by atoms with E-state index in [0.717, 1.165) is 0 Å². The van der Waals surface area contributed by atoms with E-state index in [1.165, 1.54) is 6.07 Å². The quantitative estimate of drug-likeness (QED) is 0.822. The fourth-order valence-electron chi connectivity index (χ4n) is 2.34. The van der Waals surface area contributed by atoms with Crippen LogP contribution in [-0.2, 0) is 10.2 Å². The fraction of sp³-hybridized carbons (Fsp3) is 0.263. The zero-order valence-electron chi connectivity index (χ0n) is 13.9. The molecule has 0 aromatic heterocycles. The van der Waals surface area contributed by atoms with E-state index < -0.39 is 18.0 Å². The van der Waals surface area contributed by atoms with Gasteiger partial charge in [-0.05, 0) is 11.5 Å². The summed E-state index contributed by atoms with van der Waals surface area (Å²) in [5.74, 6) is -1.40. The van der Waals surface area contributed by atoms with Gasteiger partial charge in [-0.15, -0.1) is 0 Å². The van der Waals surface area contributed by atoms with Gasteiger partial charge in [0.15, 0.2) is 12.4 Å². The standard InChI is InChI=1S/C19H20O5/c1-19(2,3)14-9-13(18(23)12-7-5-4-6-8-12)15(20)10-16(14)24-11-17(21)22/h4-10,20H,11H2,1-3H3,(H,21,22). The number of aromatic hydroxyl groups is 1. The van der Waals surface area contributed by atoms with Crippen molar-refractivity contribution in [3.63, 3.8) is 0 Å². The van der Waals surface area contributed by atoms with Crippen LogP contribution in [0.5, 0.6) is 11.5 Å². The summed E-state index contributed by atoms with van der Waals surface area (Å²) in [6.45, 7) is 5.24. The highest BCUT2D eigenvalue weighted by Crippen LogP contribution is 2.37. The molecule has 2 rings (SSSR count). The summed E-state index contributed by atoms with van der Waals surface area (Å²) in [5.41, 5.74) is 0.884. The van der Waals surface area contributed by atoms with Gasteiger partial charge in [0, 0.05) is 17.2 Å². The predicted molar refractivity (Wildman–Crippen MR) is 89.8 cm³/mol. The van der Waals surface area contributed by atoms with Gasteiger partial charge >= 0.3 is 5.97 Å². The summed E-state index contributed by atoms with van der Waals surface area (Å²) in [5, 5.41) is 19.0. The van der Waals surface area contributed by atoms with E-state index in [4.69, 9.17) is 9.84 Å². The molecular weight excluding hydrogens is 308 g/mol. The van der Waals surface area contributed by atoms with Crippen molar-refractivity contribution in [2.45, 2.75) is 26.2 Å². The second-order valence-corrected chi connectivity index (χ2v) is 6.49. The van der Waals surface area contributed by atoms with Gasteiger partial charge < -0.3 is 14.9 Å². The molecule has 5 nitrogen and oxygen atoms in total. The molecule has 0 fully saturated rings. The van der Waals surface area contributed by atoms with E-state index >= 15 is 0 Å². The van der Waals surface area contributed by atoms with Crippen LogP contribution in [0, 0.1) is 0 Å². The minimum Gasteiger partial charge on any atom is -0.507 e. The average Bonchev–Trinajstić information content (AvgIpc) is 2.52. The monoisotopic (exact) mass is 328 g/mol. The number of carbonyl (C=O) groups is 2. The molecule has 0 aliphatic carbocycles. The van der Waals surface area contributed by atoms with Gasteiger partial charge in [-0.2, -0.15) is 0 Å². The molecule has 0 heterocycles. The Morgan fingerprint density at radius 3 is 2.25 bits per heavy atom.